The van der Waals surface area contributed by atoms with Gasteiger partial charge in [0.25, 0.3) is 0 Å². The number of primary amides is 1. The molecule has 62 valence electrons. The Morgan fingerprint density at radius 3 is 2.45 bits per heavy atom. The van der Waals surface area contributed by atoms with Gasteiger partial charge in [-0.1, -0.05) is 0 Å². The Kier molecular flexibility index (Phi) is 3.65. The van der Waals surface area contributed by atoms with Crippen LogP contribution in [0.25, 0.3) is 0 Å². The van der Waals surface area contributed by atoms with Crippen molar-refractivity contribution in [2.45, 2.75) is 12.5 Å². The van der Waals surface area contributed by atoms with Gasteiger partial charge in [-0.3, -0.25) is 14.4 Å². The molecule has 0 aromatic carbocycles. The summed E-state index contributed by atoms with van der Waals surface area (Å²) in [5, 5.41) is 10.2. The summed E-state index contributed by atoms with van der Waals surface area (Å²) in [5.41, 5.74) is 4.75. The second-order valence-corrected chi connectivity index (χ2v) is 1.84. The summed E-state index contributed by atoms with van der Waals surface area (Å²) in [7, 11) is 0. The smallest absolute Gasteiger partial charge is 0.305 e. The number of carboxylic acids is 1. The molecule has 1 atom stereocenters. The maximum Gasteiger partial charge on any atom is 0.305 e. The molecule has 0 aliphatic carbocycles. The fraction of sp³-hybridized carbons (Fsp3) is 0.400. The maximum absolute atomic E-state index is 10.4. The average Bonchev–Trinajstić information content (AvgIpc) is 1.86. The van der Waals surface area contributed by atoms with Gasteiger partial charge in [-0.15, -0.1) is 0 Å². The normalized spacial score (nSPS) is 11.6. The molecule has 0 saturated carbocycles. The number of carboxylic acid groups (broad SMARTS) is 1. The van der Waals surface area contributed by atoms with Crippen molar-refractivity contribution in [3.8, 4) is 0 Å². The van der Waals surface area contributed by atoms with Gasteiger partial charge in [-0.2, -0.15) is 0 Å². The van der Waals surface area contributed by atoms with Gasteiger partial charge in [0.15, 0.2) is 0 Å². The lowest BCUT2D eigenvalue weighted by Crippen LogP contribution is -2.42. The molecule has 0 aliphatic heterocycles. The molecule has 6 nitrogen and oxygen atoms in total. The van der Waals surface area contributed by atoms with Gasteiger partial charge >= 0.3 is 5.97 Å². The van der Waals surface area contributed by atoms with Crippen molar-refractivity contribution in [1.29, 1.82) is 0 Å². The van der Waals surface area contributed by atoms with Gasteiger partial charge in [0.05, 0.1) is 6.42 Å². The molecule has 6 heteroatoms. The van der Waals surface area contributed by atoms with Crippen LogP contribution in [-0.2, 0) is 14.4 Å². The van der Waals surface area contributed by atoms with Crippen molar-refractivity contribution >= 4 is 18.3 Å². The zero-order valence-corrected chi connectivity index (χ0v) is 5.61. The van der Waals surface area contributed by atoms with E-state index >= 15 is 0 Å². The number of nitrogens with two attached hydrogens (primary N) is 1. The SMILES string of the molecule is NC(=O)[C@H](CC(=O)O)NC=O. The minimum absolute atomic E-state index is 0.234. The molecule has 0 unspecified atom stereocenters. The molecule has 0 fully saturated rings. The van der Waals surface area contributed by atoms with Crippen molar-refractivity contribution < 1.29 is 19.5 Å². The highest BCUT2D eigenvalue weighted by Crippen LogP contribution is 1.88. The molecule has 4 N–H and O–H groups in total. The van der Waals surface area contributed by atoms with Crippen LogP contribution < -0.4 is 11.1 Å². The van der Waals surface area contributed by atoms with E-state index < -0.39 is 24.3 Å². The Hall–Kier alpha value is -1.59. The number of hydrogen-bond acceptors (Lipinski definition) is 3. The van der Waals surface area contributed by atoms with Crippen molar-refractivity contribution in [3.05, 3.63) is 0 Å². The lowest BCUT2D eigenvalue weighted by molar-refractivity contribution is -0.139. The fourth-order valence-corrected chi connectivity index (χ4v) is 0.498. The summed E-state index contributed by atoms with van der Waals surface area (Å²) in [6, 6.07) is -1.12. The lowest BCUT2D eigenvalue weighted by Gasteiger charge is -2.07. The van der Waals surface area contributed by atoms with Crippen molar-refractivity contribution in [2.24, 2.45) is 5.73 Å². The molecule has 0 aromatic rings. The van der Waals surface area contributed by atoms with E-state index in [9.17, 15) is 14.4 Å². The molecule has 0 spiro atoms. The second kappa shape index (κ2) is 4.26. The molecule has 11 heavy (non-hydrogen) atoms. The molecule has 0 radical (unpaired) electrons. The van der Waals surface area contributed by atoms with Gasteiger partial charge in [0.1, 0.15) is 6.04 Å². The highest BCUT2D eigenvalue weighted by atomic mass is 16.4. The first kappa shape index (κ1) is 9.41. The number of nitrogens with one attached hydrogen (secondary N) is 1. The van der Waals surface area contributed by atoms with Gasteiger partial charge in [0.2, 0.25) is 12.3 Å². The first-order chi connectivity index (χ1) is 5.07. The van der Waals surface area contributed by atoms with Gasteiger partial charge in [0, 0.05) is 0 Å². The summed E-state index contributed by atoms with van der Waals surface area (Å²) >= 11 is 0. The van der Waals surface area contributed by atoms with Crippen LogP contribution in [0.4, 0.5) is 0 Å². The van der Waals surface area contributed by atoms with E-state index in [2.05, 4.69) is 0 Å². The monoisotopic (exact) mass is 160 g/mol. The van der Waals surface area contributed by atoms with E-state index in [1.54, 1.807) is 0 Å². The standard InChI is InChI=1S/C5H8N2O4/c6-5(11)3(7-2-8)1-4(9)10/h2-3H,1H2,(H2,6,11)(H,7,8)(H,9,10)/t3-/m0/s1. The molecule has 0 saturated heterocycles. The minimum Gasteiger partial charge on any atom is -0.481 e. The number of hydrogen-bond donors (Lipinski definition) is 3. The van der Waals surface area contributed by atoms with E-state index in [1.807, 2.05) is 5.32 Å². The van der Waals surface area contributed by atoms with Crippen molar-refractivity contribution in [1.82, 2.24) is 5.32 Å². The molecule has 0 aliphatic rings. The van der Waals surface area contributed by atoms with E-state index in [0.717, 1.165) is 0 Å². The average molecular weight is 160 g/mol. The van der Waals surface area contributed by atoms with Crippen molar-refractivity contribution in [3.63, 3.8) is 0 Å². The molecular formula is C5H8N2O4. The number of amides is 2. The Bertz CT molecular complexity index is 179. The quantitative estimate of drug-likeness (QED) is 0.406. The third kappa shape index (κ3) is 3.90. The van der Waals surface area contributed by atoms with Crippen LogP contribution in [0.2, 0.25) is 0 Å². The van der Waals surface area contributed by atoms with Crippen LogP contribution in [0, 0.1) is 0 Å². The van der Waals surface area contributed by atoms with E-state index in [0.29, 0.717) is 0 Å². The molecule has 2 amide bonds. The van der Waals surface area contributed by atoms with Crippen LogP contribution in [0.3, 0.4) is 0 Å². The van der Waals surface area contributed by atoms with Gasteiger partial charge in [-0.05, 0) is 0 Å². The second-order valence-electron chi connectivity index (χ2n) is 1.84. The molecule has 0 aromatic heterocycles. The van der Waals surface area contributed by atoms with Crippen LogP contribution in [-0.4, -0.2) is 29.4 Å². The Labute approximate surface area is 62.4 Å². The molecular weight excluding hydrogens is 152 g/mol. The number of rotatable bonds is 5. The summed E-state index contributed by atoms with van der Waals surface area (Å²) in [6.07, 6.45) is -0.258. The highest BCUT2D eigenvalue weighted by Gasteiger charge is 2.17. The number of carbonyl (C=O) groups is 3. The first-order valence-electron chi connectivity index (χ1n) is 2.78. The van der Waals surface area contributed by atoms with Crippen LogP contribution in [0.15, 0.2) is 0 Å². The third-order valence-corrected chi connectivity index (χ3v) is 0.991. The Morgan fingerprint density at radius 2 is 2.18 bits per heavy atom. The van der Waals surface area contributed by atoms with Crippen LogP contribution in [0.1, 0.15) is 6.42 Å². The maximum atomic E-state index is 10.4. The Morgan fingerprint density at radius 1 is 1.64 bits per heavy atom. The summed E-state index contributed by atoms with van der Waals surface area (Å²) in [6.45, 7) is 0. The molecule has 0 heterocycles. The van der Waals surface area contributed by atoms with Crippen molar-refractivity contribution in [2.75, 3.05) is 0 Å². The topological polar surface area (TPSA) is 109 Å². The zero-order valence-electron chi connectivity index (χ0n) is 5.61. The largest absolute Gasteiger partial charge is 0.481 e. The van der Waals surface area contributed by atoms with E-state index in [1.165, 1.54) is 0 Å². The summed E-state index contributed by atoms with van der Waals surface area (Å²) in [4.78, 5) is 30.2. The number of aliphatic carboxylic acids is 1. The highest BCUT2D eigenvalue weighted by molar-refractivity contribution is 5.86. The van der Waals surface area contributed by atoms with Crippen LogP contribution >= 0.6 is 0 Å². The van der Waals surface area contributed by atoms with Gasteiger partial charge in [-0.25, -0.2) is 0 Å². The summed E-state index contributed by atoms with van der Waals surface area (Å²) in [5.74, 6) is -2.05. The summed E-state index contributed by atoms with van der Waals surface area (Å²) < 4.78 is 0. The minimum atomic E-state index is -1.19. The predicted molar refractivity (Wildman–Crippen MR) is 34.4 cm³/mol. The Balaban J connectivity index is 3.99. The van der Waals surface area contributed by atoms with E-state index in [4.69, 9.17) is 10.8 Å². The molecule has 0 bridgehead atoms. The first-order valence-corrected chi connectivity index (χ1v) is 2.78. The fourth-order valence-electron chi connectivity index (χ4n) is 0.498. The number of carbonyl (C=O) groups excluding carboxylic acids is 2. The lowest BCUT2D eigenvalue weighted by atomic mass is 10.2. The predicted octanol–water partition coefficient (Wildman–Crippen LogP) is -1.94. The third-order valence-electron chi connectivity index (χ3n) is 0.991. The molecule has 0 rings (SSSR count). The van der Waals surface area contributed by atoms with Crippen LogP contribution in [0.5, 0.6) is 0 Å². The zero-order chi connectivity index (χ0) is 8.85. The van der Waals surface area contributed by atoms with Gasteiger partial charge < -0.3 is 16.2 Å². The van der Waals surface area contributed by atoms with E-state index in [-0.39, 0.29) is 6.41 Å².